The molecule has 1 heteroatoms. The SMILES string of the molecule is CCCc1ccc(CCc2ccc(Br)cc2)cc1. The van der Waals surface area contributed by atoms with E-state index in [1.54, 1.807) is 0 Å². The van der Waals surface area contributed by atoms with Gasteiger partial charge in [0.25, 0.3) is 0 Å². The van der Waals surface area contributed by atoms with Crippen molar-refractivity contribution in [2.45, 2.75) is 32.6 Å². The molecule has 0 bridgehead atoms. The Balaban J connectivity index is 1.91. The quantitative estimate of drug-likeness (QED) is 0.713. The monoisotopic (exact) mass is 302 g/mol. The van der Waals surface area contributed by atoms with E-state index in [9.17, 15) is 0 Å². The molecule has 0 heterocycles. The minimum atomic E-state index is 1.11. The fourth-order valence-electron chi connectivity index (χ4n) is 2.10. The number of rotatable bonds is 5. The summed E-state index contributed by atoms with van der Waals surface area (Å²) in [5, 5.41) is 0. The summed E-state index contributed by atoms with van der Waals surface area (Å²) in [6.07, 6.45) is 4.64. The molecule has 0 fully saturated rings. The van der Waals surface area contributed by atoms with Gasteiger partial charge in [0, 0.05) is 4.47 Å². The van der Waals surface area contributed by atoms with E-state index in [1.165, 1.54) is 29.5 Å². The number of hydrogen-bond acceptors (Lipinski definition) is 0. The third kappa shape index (κ3) is 3.99. The molecular weight excluding hydrogens is 284 g/mol. The van der Waals surface area contributed by atoms with Crippen LogP contribution in [0.5, 0.6) is 0 Å². The normalized spacial score (nSPS) is 10.6. The van der Waals surface area contributed by atoms with Gasteiger partial charge in [0.15, 0.2) is 0 Å². The Morgan fingerprint density at radius 1 is 0.667 bits per heavy atom. The first-order valence-electron chi connectivity index (χ1n) is 6.60. The molecule has 0 unspecified atom stereocenters. The summed E-state index contributed by atoms with van der Waals surface area (Å²) >= 11 is 3.46. The highest BCUT2D eigenvalue weighted by molar-refractivity contribution is 9.10. The van der Waals surface area contributed by atoms with Gasteiger partial charge in [0.1, 0.15) is 0 Å². The average Bonchev–Trinajstić information content (AvgIpc) is 2.40. The second kappa shape index (κ2) is 6.75. The van der Waals surface area contributed by atoms with E-state index in [2.05, 4.69) is 71.4 Å². The highest BCUT2D eigenvalue weighted by Crippen LogP contribution is 2.13. The lowest BCUT2D eigenvalue weighted by molar-refractivity contribution is 0.914. The Hall–Kier alpha value is -1.08. The highest BCUT2D eigenvalue weighted by atomic mass is 79.9. The fraction of sp³-hybridized carbons (Fsp3) is 0.294. The third-order valence-electron chi connectivity index (χ3n) is 3.18. The molecule has 2 rings (SSSR count). The number of benzene rings is 2. The molecule has 0 N–H and O–H groups in total. The zero-order chi connectivity index (χ0) is 12.8. The van der Waals surface area contributed by atoms with Gasteiger partial charge in [0.2, 0.25) is 0 Å². The van der Waals surface area contributed by atoms with Crippen LogP contribution >= 0.6 is 15.9 Å². The Bertz CT molecular complexity index is 468. The smallest absolute Gasteiger partial charge is 0.0175 e. The van der Waals surface area contributed by atoms with Gasteiger partial charge in [-0.15, -0.1) is 0 Å². The summed E-state index contributed by atoms with van der Waals surface area (Å²) in [6, 6.07) is 17.7. The molecule has 0 amide bonds. The van der Waals surface area contributed by atoms with Gasteiger partial charge in [-0.25, -0.2) is 0 Å². The summed E-state index contributed by atoms with van der Waals surface area (Å²) < 4.78 is 1.15. The molecule has 2 aromatic carbocycles. The predicted octanol–water partition coefficient (Wildman–Crippen LogP) is 5.19. The summed E-state index contributed by atoms with van der Waals surface area (Å²) in [4.78, 5) is 0. The second-order valence-electron chi connectivity index (χ2n) is 4.69. The van der Waals surface area contributed by atoms with Crippen LogP contribution in [0.25, 0.3) is 0 Å². The molecule has 0 aliphatic heterocycles. The van der Waals surface area contributed by atoms with Gasteiger partial charge in [0.05, 0.1) is 0 Å². The van der Waals surface area contributed by atoms with E-state index in [0.717, 1.165) is 17.3 Å². The molecule has 0 aliphatic rings. The zero-order valence-electron chi connectivity index (χ0n) is 10.8. The van der Waals surface area contributed by atoms with Gasteiger partial charge in [-0.3, -0.25) is 0 Å². The zero-order valence-corrected chi connectivity index (χ0v) is 12.4. The Morgan fingerprint density at radius 2 is 1.06 bits per heavy atom. The van der Waals surface area contributed by atoms with Crippen molar-refractivity contribution in [2.24, 2.45) is 0 Å². The molecule has 18 heavy (non-hydrogen) atoms. The molecule has 0 radical (unpaired) electrons. The lowest BCUT2D eigenvalue weighted by atomic mass is 10.0. The first-order valence-corrected chi connectivity index (χ1v) is 7.39. The highest BCUT2D eigenvalue weighted by Gasteiger charge is 1.97. The Kier molecular flexibility index (Phi) is 5.00. The number of halogens is 1. The first-order chi connectivity index (χ1) is 8.78. The largest absolute Gasteiger partial charge is 0.0651 e. The Labute approximate surface area is 118 Å². The molecule has 0 saturated heterocycles. The minimum absolute atomic E-state index is 1.11. The van der Waals surface area contributed by atoms with E-state index >= 15 is 0 Å². The van der Waals surface area contributed by atoms with Crippen molar-refractivity contribution in [3.05, 3.63) is 69.7 Å². The predicted molar refractivity (Wildman–Crippen MR) is 82.0 cm³/mol. The lowest BCUT2D eigenvalue weighted by Crippen LogP contribution is -1.92. The standard InChI is InChI=1S/C17H19Br/c1-2-3-14-4-6-15(7-5-14)8-9-16-10-12-17(18)13-11-16/h4-7,10-13H,2-3,8-9H2,1H3. The van der Waals surface area contributed by atoms with Gasteiger partial charge in [-0.05, 0) is 48.1 Å². The topological polar surface area (TPSA) is 0 Å². The molecule has 0 aromatic heterocycles. The van der Waals surface area contributed by atoms with Crippen LogP contribution in [0.4, 0.5) is 0 Å². The van der Waals surface area contributed by atoms with E-state index in [0.29, 0.717) is 0 Å². The van der Waals surface area contributed by atoms with Crippen LogP contribution in [0.1, 0.15) is 30.0 Å². The van der Waals surface area contributed by atoms with Gasteiger partial charge < -0.3 is 0 Å². The van der Waals surface area contributed by atoms with Crippen LogP contribution in [0.15, 0.2) is 53.0 Å². The van der Waals surface area contributed by atoms with Crippen molar-refractivity contribution in [1.82, 2.24) is 0 Å². The summed E-state index contributed by atoms with van der Waals surface area (Å²) in [7, 11) is 0. The van der Waals surface area contributed by atoms with Crippen molar-refractivity contribution >= 4 is 15.9 Å². The summed E-state index contributed by atoms with van der Waals surface area (Å²) in [6.45, 7) is 2.22. The molecule has 0 nitrogen and oxygen atoms in total. The van der Waals surface area contributed by atoms with Crippen LogP contribution in [0, 0.1) is 0 Å². The van der Waals surface area contributed by atoms with Crippen molar-refractivity contribution < 1.29 is 0 Å². The summed E-state index contributed by atoms with van der Waals surface area (Å²) in [5.41, 5.74) is 4.28. The minimum Gasteiger partial charge on any atom is -0.0651 e. The average molecular weight is 303 g/mol. The van der Waals surface area contributed by atoms with Crippen LogP contribution in [-0.4, -0.2) is 0 Å². The first kappa shape index (κ1) is 13.4. The maximum Gasteiger partial charge on any atom is 0.0175 e. The second-order valence-corrected chi connectivity index (χ2v) is 5.61. The van der Waals surface area contributed by atoms with E-state index in [1.807, 2.05) is 0 Å². The molecule has 2 aromatic rings. The van der Waals surface area contributed by atoms with E-state index in [-0.39, 0.29) is 0 Å². The lowest BCUT2D eigenvalue weighted by Gasteiger charge is -2.04. The van der Waals surface area contributed by atoms with Gasteiger partial charge in [-0.2, -0.15) is 0 Å². The molecule has 0 aliphatic carbocycles. The maximum atomic E-state index is 3.46. The molecule has 0 saturated carbocycles. The summed E-state index contributed by atoms with van der Waals surface area (Å²) in [5.74, 6) is 0. The van der Waals surface area contributed by atoms with Crippen molar-refractivity contribution in [2.75, 3.05) is 0 Å². The Morgan fingerprint density at radius 3 is 1.50 bits per heavy atom. The molecule has 0 spiro atoms. The third-order valence-corrected chi connectivity index (χ3v) is 3.71. The maximum absolute atomic E-state index is 3.46. The van der Waals surface area contributed by atoms with E-state index in [4.69, 9.17) is 0 Å². The van der Waals surface area contributed by atoms with Crippen molar-refractivity contribution in [1.29, 1.82) is 0 Å². The van der Waals surface area contributed by atoms with Gasteiger partial charge in [-0.1, -0.05) is 65.7 Å². The van der Waals surface area contributed by atoms with Crippen molar-refractivity contribution in [3.8, 4) is 0 Å². The van der Waals surface area contributed by atoms with Crippen LogP contribution in [0.2, 0.25) is 0 Å². The van der Waals surface area contributed by atoms with Crippen LogP contribution in [-0.2, 0) is 19.3 Å². The van der Waals surface area contributed by atoms with Gasteiger partial charge >= 0.3 is 0 Å². The number of aryl methyl sites for hydroxylation is 3. The van der Waals surface area contributed by atoms with Crippen LogP contribution < -0.4 is 0 Å². The molecule has 94 valence electrons. The molecule has 0 atom stereocenters. The number of hydrogen-bond donors (Lipinski definition) is 0. The van der Waals surface area contributed by atoms with E-state index < -0.39 is 0 Å². The van der Waals surface area contributed by atoms with Crippen LogP contribution in [0.3, 0.4) is 0 Å². The fourth-order valence-corrected chi connectivity index (χ4v) is 2.37. The van der Waals surface area contributed by atoms with Crippen molar-refractivity contribution in [3.63, 3.8) is 0 Å². The molecular formula is C17H19Br.